The summed E-state index contributed by atoms with van der Waals surface area (Å²) >= 11 is 3.19. The Labute approximate surface area is 110 Å². The van der Waals surface area contributed by atoms with Gasteiger partial charge in [-0.1, -0.05) is 34.4 Å². The molecule has 1 aromatic heterocycles. The maximum atomic E-state index is 12.2. The lowest BCUT2D eigenvalue weighted by Gasteiger charge is -2.20. The average molecular weight is 325 g/mol. The van der Waals surface area contributed by atoms with E-state index in [0.29, 0.717) is 6.42 Å². The summed E-state index contributed by atoms with van der Waals surface area (Å²) in [5, 5.41) is 10.8. The Kier molecular flexibility index (Phi) is 4.29. The van der Waals surface area contributed by atoms with Crippen molar-refractivity contribution in [3.63, 3.8) is 0 Å². The van der Waals surface area contributed by atoms with E-state index in [1.54, 1.807) is 0 Å². The molecule has 0 aliphatic rings. The minimum Gasteiger partial charge on any atom is -0.219 e. The van der Waals surface area contributed by atoms with E-state index >= 15 is 0 Å². The Morgan fingerprint density at radius 2 is 2.00 bits per heavy atom. The van der Waals surface area contributed by atoms with Crippen molar-refractivity contribution in [3.8, 4) is 0 Å². The van der Waals surface area contributed by atoms with Crippen LogP contribution in [0.15, 0.2) is 5.16 Å². The fraction of sp³-hybridized carbons (Fsp3) is 0.889. The van der Waals surface area contributed by atoms with Crippen molar-refractivity contribution < 1.29 is 8.42 Å². The minimum atomic E-state index is -3.53. The molecule has 98 valence electrons. The van der Waals surface area contributed by atoms with Crippen LogP contribution in [0.1, 0.15) is 40.5 Å². The van der Waals surface area contributed by atoms with Crippen molar-refractivity contribution in [1.29, 1.82) is 0 Å². The molecule has 0 radical (unpaired) electrons. The molecule has 0 saturated carbocycles. The molecule has 17 heavy (non-hydrogen) atoms. The summed E-state index contributed by atoms with van der Waals surface area (Å²) in [7, 11) is -3.53. The molecular formula is C9H17BrN4O2S. The maximum absolute atomic E-state index is 12.2. The number of rotatable bonds is 4. The second kappa shape index (κ2) is 5.01. The summed E-state index contributed by atoms with van der Waals surface area (Å²) < 4.78 is 25.2. The van der Waals surface area contributed by atoms with Crippen LogP contribution in [0.2, 0.25) is 0 Å². The molecule has 6 nitrogen and oxygen atoms in total. The van der Waals surface area contributed by atoms with E-state index in [2.05, 4.69) is 31.5 Å². The molecular weight excluding hydrogens is 308 g/mol. The standard InChI is InChI=1S/C9H17BrN4O2S/c1-5-6-7(10)17(15,16)8-11-12-13-14(8)9(2,3)4/h7H,5-6H2,1-4H3. The summed E-state index contributed by atoms with van der Waals surface area (Å²) in [4.78, 5) is 0. The van der Waals surface area contributed by atoms with Crippen molar-refractivity contribution in [2.45, 2.75) is 55.4 Å². The van der Waals surface area contributed by atoms with Crippen LogP contribution in [-0.4, -0.2) is 32.8 Å². The Balaban J connectivity index is 3.22. The number of alkyl halides is 1. The second-order valence-electron chi connectivity index (χ2n) is 4.79. The molecule has 1 aromatic rings. The molecule has 0 aromatic carbocycles. The summed E-state index contributed by atoms with van der Waals surface area (Å²) in [5.41, 5.74) is -0.467. The first kappa shape index (κ1) is 14.6. The Bertz CT molecular complexity index is 477. The maximum Gasteiger partial charge on any atom is 0.269 e. The van der Waals surface area contributed by atoms with Crippen LogP contribution in [0.3, 0.4) is 0 Å². The second-order valence-corrected chi connectivity index (χ2v) is 8.52. The summed E-state index contributed by atoms with van der Waals surface area (Å²) in [6, 6.07) is 0. The number of halogens is 1. The van der Waals surface area contributed by atoms with Gasteiger partial charge in [0, 0.05) is 0 Å². The molecule has 0 saturated heterocycles. The smallest absolute Gasteiger partial charge is 0.219 e. The number of hydrogen-bond donors (Lipinski definition) is 0. The van der Waals surface area contributed by atoms with Crippen molar-refractivity contribution in [2.75, 3.05) is 0 Å². The molecule has 0 N–H and O–H groups in total. The van der Waals surface area contributed by atoms with Crippen LogP contribution in [0, 0.1) is 0 Å². The molecule has 0 aliphatic carbocycles. The van der Waals surface area contributed by atoms with Gasteiger partial charge in [0.1, 0.15) is 4.16 Å². The molecule has 1 heterocycles. The summed E-state index contributed by atoms with van der Waals surface area (Å²) in [6.07, 6.45) is 1.30. The van der Waals surface area contributed by atoms with Crippen LogP contribution in [-0.2, 0) is 15.4 Å². The van der Waals surface area contributed by atoms with Crippen LogP contribution < -0.4 is 0 Å². The van der Waals surface area contributed by atoms with E-state index in [4.69, 9.17) is 0 Å². The van der Waals surface area contributed by atoms with E-state index in [-0.39, 0.29) is 5.16 Å². The highest BCUT2D eigenvalue weighted by atomic mass is 79.9. The van der Waals surface area contributed by atoms with Gasteiger partial charge in [-0.25, -0.2) is 13.1 Å². The quantitative estimate of drug-likeness (QED) is 0.788. The zero-order valence-electron chi connectivity index (χ0n) is 10.4. The molecule has 0 fully saturated rings. The Hall–Kier alpha value is -0.500. The third kappa shape index (κ3) is 3.04. The lowest BCUT2D eigenvalue weighted by molar-refractivity contribution is 0.317. The molecule has 0 aliphatic heterocycles. The number of hydrogen-bond acceptors (Lipinski definition) is 5. The minimum absolute atomic E-state index is 0.0830. The number of aromatic nitrogens is 4. The molecule has 1 unspecified atom stereocenters. The number of tetrazole rings is 1. The van der Waals surface area contributed by atoms with Gasteiger partial charge < -0.3 is 0 Å². The lowest BCUT2D eigenvalue weighted by Crippen LogP contribution is -2.29. The zero-order chi connectivity index (χ0) is 13.3. The molecule has 0 bridgehead atoms. The third-order valence-corrected chi connectivity index (χ3v) is 5.79. The normalized spacial score (nSPS) is 14.9. The van der Waals surface area contributed by atoms with Crippen molar-refractivity contribution in [3.05, 3.63) is 0 Å². The van der Waals surface area contributed by atoms with Gasteiger partial charge >= 0.3 is 0 Å². The Morgan fingerprint density at radius 1 is 1.41 bits per heavy atom. The molecule has 0 spiro atoms. The van der Waals surface area contributed by atoms with Gasteiger partial charge in [-0.05, 0) is 37.6 Å². The molecule has 1 rings (SSSR count). The number of nitrogens with zero attached hydrogens (tertiary/aromatic N) is 4. The highest BCUT2D eigenvalue weighted by Gasteiger charge is 2.33. The van der Waals surface area contributed by atoms with Gasteiger partial charge in [-0.15, -0.1) is 0 Å². The fourth-order valence-electron chi connectivity index (χ4n) is 1.27. The Morgan fingerprint density at radius 3 is 2.47 bits per heavy atom. The van der Waals surface area contributed by atoms with Gasteiger partial charge in [0.15, 0.2) is 0 Å². The highest BCUT2D eigenvalue weighted by molar-refractivity contribution is 9.11. The van der Waals surface area contributed by atoms with Crippen LogP contribution >= 0.6 is 15.9 Å². The number of sulfone groups is 1. The zero-order valence-corrected chi connectivity index (χ0v) is 12.8. The summed E-state index contributed by atoms with van der Waals surface area (Å²) in [6.45, 7) is 7.48. The van der Waals surface area contributed by atoms with Crippen molar-refractivity contribution >= 4 is 25.8 Å². The van der Waals surface area contributed by atoms with E-state index < -0.39 is 19.5 Å². The first-order valence-electron chi connectivity index (χ1n) is 5.38. The predicted molar refractivity (Wildman–Crippen MR) is 67.6 cm³/mol. The van der Waals surface area contributed by atoms with Crippen molar-refractivity contribution in [2.24, 2.45) is 0 Å². The molecule has 0 amide bonds. The molecule has 1 atom stereocenters. The first-order chi connectivity index (χ1) is 7.71. The SMILES string of the molecule is CCCC(Br)S(=O)(=O)c1nnnn1C(C)(C)C. The van der Waals surface area contributed by atoms with E-state index in [0.717, 1.165) is 6.42 Å². The topological polar surface area (TPSA) is 77.7 Å². The van der Waals surface area contributed by atoms with Crippen LogP contribution in [0.5, 0.6) is 0 Å². The molecule has 8 heteroatoms. The van der Waals surface area contributed by atoms with Gasteiger partial charge in [0.2, 0.25) is 9.84 Å². The monoisotopic (exact) mass is 324 g/mol. The fourth-order valence-corrected chi connectivity index (χ4v) is 3.71. The summed E-state index contributed by atoms with van der Waals surface area (Å²) in [5.74, 6) is 0. The van der Waals surface area contributed by atoms with E-state index in [1.165, 1.54) is 4.68 Å². The van der Waals surface area contributed by atoms with Gasteiger partial charge in [0.05, 0.1) is 5.54 Å². The van der Waals surface area contributed by atoms with E-state index in [1.807, 2.05) is 27.7 Å². The first-order valence-corrected chi connectivity index (χ1v) is 7.84. The van der Waals surface area contributed by atoms with Crippen molar-refractivity contribution in [1.82, 2.24) is 20.2 Å². The van der Waals surface area contributed by atoms with Gasteiger partial charge in [0.25, 0.3) is 5.16 Å². The lowest BCUT2D eigenvalue weighted by atomic mass is 10.1. The predicted octanol–water partition coefficient (Wildman–Crippen LogP) is 1.72. The average Bonchev–Trinajstić information content (AvgIpc) is 2.65. The largest absolute Gasteiger partial charge is 0.269 e. The van der Waals surface area contributed by atoms with Crippen LogP contribution in [0.25, 0.3) is 0 Å². The van der Waals surface area contributed by atoms with Gasteiger partial charge in [-0.2, -0.15) is 0 Å². The van der Waals surface area contributed by atoms with Crippen LogP contribution in [0.4, 0.5) is 0 Å². The highest BCUT2D eigenvalue weighted by Crippen LogP contribution is 2.25. The van der Waals surface area contributed by atoms with Gasteiger partial charge in [-0.3, -0.25) is 0 Å². The van der Waals surface area contributed by atoms with E-state index in [9.17, 15) is 8.42 Å². The third-order valence-electron chi connectivity index (χ3n) is 2.18.